The predicted octanol–water partition coefficient (Wildman–Crippen LogP) is 1.74. The molecule has 4 heteroatoms. The molecule has 0 heterocycles. The smallest absolute Gasteiger partial charge is 0.122 e. The minimum atomic E-state index is 0.626. The van der Waals surface area contributed by atoms with Gasteiger partial charge in [-0.1, -0.05) is 0 Å². The maximum absolute atomic E-state index is 5.16. The highest BCUT2D eigenvalue weighted by Crippen LogP contribution is 2.22. The molecule has 0 bridgehead atoms. The molecule has 0 aliphatic rings. The van der Waals surface area contributed by atoms with Crippen LogP contribution in [0.3, 0.4) is 0 Å². The van der Waals surface area contributed by atoms with Gasteiger partial charge in [-0.3, -0.25) is 0 Å². The molecule has 4 nitrogen and oxygen atoms in total. The van der Waals surface area contributed by atoms with Crippen molar-refractivity contribution in [1.29, 1.82) is 0 Å². The largest absolute Gasteiger partial charge is 0.497 e. The zero-order valence-electron chi connectivity index (χ0n) is 9.37. The van der Waals surface area contributed by atoms with Crippen LogP contribution in [0, 0.1) is 0 Å². The summed E-state index contributed by atoms with van der Waals surface area (Å²) in [7, 11) is 3.27. The van der Waals surface area contributed by atoms with Crippen molar-refractivity contribution < 1.29 is 14.3 Å². The number of rotatable bonds is 6. The van der Waals surface area contributed by atoms with Crippen LogP contribution in [0.2, 0.25) is 0 Å². The van der Waals surface area contributed by atoms with Crippen molar-refractivity contribution >= 4 is 0 Å². The summed E-state index contributed by atoms with van der Waals surface area (Å²) in [6, 6.07) is 5.72. The highest BCUT2D eigenvalue weighted by atomic mass is 16.6. The molecule has 1 aromatic rings. The molecule has 0 atom stereocenters. The SMILES string of the molecule is CCONCc1cc(OC)cc(OC)c1. The van der Waals surface area contributed by atoms with Crippen LogP contribution < -0.4 is 15.0 Å². The summed E-state index contributed by atoms with van der Waals surface area (Å²) in [5.41, 5.74) is 3.90. The Morgan fingerprint density at radius 2 is 1.67 bits per heavy atom. The standard InChI is InChI=1S/C11H17NO3/c1-4-15-12-8-9-5-10(13-2)7-11(6-9)14-3/h5-7,12H,4,8H2,1-3H3. The van der Waals surface area contributed by atoms with Gasteiger partial charge in [-0.15, -0.1) is 0 Å². The molecule has 0 aliphatic heterocycles. The molecule has 15 heavy (non-hydrogen) atoms. The first-order chi connectivity index (χ1) is 7.30. The predicted molar refractivity (Wildman–Crippen MR) is 58.0 cm³/mol. The van der Waals surface area contributed by atoms with E-state index < -0.39 is 0 Å². The van der Waals surface area contributed by atoms with Crippen LogP contribution in [-0.2, 0) is 11.4 Å². The van der Waals surface area contributed by atoms with E-state index in [9.17, 15) is 0 Å². The third-order valence-corrected chi connectivity index (χ3v) is 1.93. The number of ether oxygens (including phenoxy) is 2. The second-order valence-electron chi connectivity index (χ2n) is 2.98. The lowest BCUT2D eigenvalue weighted by molar-refractivity contribution is 0.0463. The molecule has 1 aromatic carbocycles. The van der Waals surface area contributed by atoms with Crippen molar-refractivity contribution in [2.45, 2.75) is 13.5 Å². The van der Waals surface area contributed by atoms with Crippen LogP contribution in [0.4, 0.5) is 0 Å². The normalized spacial score (nSPS) is 10.1. The lowest BCUT2D eigenvalue weighted by Gasteiger charge is -2.08. The first-order valence-corrected chi connectivity index (χ1v) is 4.86. The summed E-state index contributed by atoms with van der Waals surface area (Å²) in [6.07, 6.45) is 0. The number of nitrogens with one attached hydrogen (secondary N) is 1. The van der Waals surface area contributed by atoms with Gasteiger partial charge in [-0.2, -0.15) is 5.48 Å². The van der Waals surface area contributed by atoms with Gasteiger partial charge < -0.3 is 14.3 Å². The Balaban J connectivity index is 2.68. The molecule has 84 valence electrons. The summed E-state index contributed by atoms with van der Waals surface area (Å²) < 4.78 is 10.3. The fraction of sp³-hybridized carbons (Fsp3) is 0.455. The molecule has 0 amide bonds. The van der Waals surface area contributed by atoms with Crippen LogP contribution in [-0.4, -0.2) is 20.8 Å². The average molecular weight is 211 g/mol. The van der Waals surface area contributed by atoms with Crippen molar-refractivity contribution in [3.63, 3.8) is 0 Å². The summed E-state index contributed by atoms with van der Waals surface area (Å²) in [4.78, 5) is 5.05. The van der Waals surface area contributed by atoms with Gasteiger partial charge in [0.05, 0.1) is 20.8 Å². The average Bonchev–Trinajstić information content (AvgIpc) is 2.29. The fourth-order valence-electron chi connectivity index (χ4n) is 1.20. The monoisotopic (exact) mass is 211 g/mol. The van der Waals surface area contributed by atoms with E-state index in [0.717, 1.165) is 17.1 Å². The van der Waals surface area contributed by atoms with Crippen LogP contribution in [0.15, 0.2) is 18.2 Å². The van der Waals surface area contributed by atoms with E-state index in [4.69, 9.17) is 14.3 Å². The van der Waals surface area contributed by atoms with Gasteiger partial charge in [0, 0.05) is 12.6 Å². The minimum Gasteiger partial charge on any atom is -0.497 e. The second-order valence-corrected chi connectivity index (χ2v) is 2.98. The zero-order valence-corrected chi connectivity index (χ0v) is 9.37. The zero-order chi connectivity index (χ0) is 11.1. The first-order valence-electron chi connectivity index (χ1n) is 4.86. The van der Waals surface area contributed by atoms with E-state index in [2.05, 4.69) is 5.48 Å². The number of hydrogen-bond donors (Lipinski definition) is 1. The highest BCUT2D eigenvalue weighted by molar-refractivity contribution is 5.38. The third kappa shape index (κ3) is 3.77. The molecule has 0 radical (unpaired) electrons. The summed E-state index contributed by atoms with van der Waals surface area (Å²) in [5, 5.41) is 0. The Labute approximate surface area is 90.1 Å². The highest BCUT2D eigenvalue weighted by Gasteiger charge is 2.01. The quantitative estimate of drug-likeness (QED) is 0.574. The van der Waals surface area contributed by atoms with Gasteiger partial charge in [-0.05, 0) is 24.6 Å². The van der Waals surface area contributed by atoms with Gasteiger partial charge in [-0.25, -0.2) is 0 Å². The lowest BCUT2D eigenvalue weighted by atomic mass is 10.2. The molecule has 0 aromatic heterocycles. The molecule has 0 spiro atoms. The van der Waals surface area contributed by atoms with E-state index in [0.29, 0.717) is 13.2 Å². The third-order valence-electron chi connectivity index (χ3n) is 1.93. The Hall–Kier alpha value is -1.26. The molecule has 1 rings (SSSR count). The van der Waals surface area contributed by atoms with E-state index in [-0.39, 0.29) is 0 Å². The van der Waals surface area contributed by atoms with Gasteiger partial charge in [0.1, 0.15) is 11.5 Å². The molecule has 0 saturated carbocycles. The molecule has 0 fully saturated rings. The minimum absolute atomic E-state index is 0.626. The van der Waals surface area contributed by atoms with E-state index in [1.54, 1.807) is 14.2 Å². The maximum Gasteiger partial charge on any atom is 0.122 e. The van der Waals surface area contributed by atoms with Crippen molar-refractivity contribution in [3.05, 3.63) is 23.8 Å². The molecular formula is C11H17NO3. The van der Waals surface area contributed by atoms with Crippen molar-refractivity contribution in [2.24, 2.45) is 0 Å². The molecule has 0 saturated heterocycles. The van der Waals surface area contributed by atoms with Crippen molar-refractivity contribution in [1.82, 2.24) is 5.48 Å². The van der Waals surface area contributed by atoms with Gasteiger partial charge in [0.25, 0.3) is 0 Å². The van der Waals surface area contributed by atoms with Crippen LogP contribution in [0.5, 0.6) is 11.5 Å². The number of benzene rings is 1. The first kappa shape index (κ1) is 11.8. The summed E-state index contributed by atoms with van der Waals surface area (Å²) >= 11 is 0. The number of hydroxylamine groups is 1. The van der Waals surface area contributed by atoms with Crippen LogP contribution >= 0.6 is 0 Å². The summed E-state index contributed by atoms with van der Waals surface area (Å²) in [6.45, 7) is 3.20. The fourth-order valence-corrected chi connectivity index (χ4v) is 1.20. The topological polar surface area (TPSA) is 39.7 Å². The van der Waals surface area contributed by atoms with Crippen molar-refractivity contribution in [3.8, 4) is 11.5 Å². The van der Waals surface area contributed by atoms with E-state index in [1.807, 2.05) is 25.1 Å². The van der Waals surface area contributed by atoms with E-state index >= 15 is 0 Å². The Morgan fingerprint density at radius 3 is 2.13 bits per heavy atom. The second kappa shape index (κ2) is 6.27. The van der Waals surface area contributed by atoms with Gasteiger partial charge in [0.15, 0.2) is 0 Å². The molecule has 0 aliphatic carbocycles. The van der Waals surface area contributed by atoms with Gasteiger partial charge in [0.2, 0.25) is 0 Å². The molecule has 0 unspecified atom stereocenters. The Bertz CT molecular complexity index is 280. The van der Waals surface area contributed by atoms with Gasteiger partial charge >= 0.3 is 0 Å². The Kier molecular flexibility index (Phi) is 4.93. The van der Waals surface area contributed by atoms with Crippen molar-refractivity contribution in [2.75, 3.05) is 20.8 Å². The van der Waals surface area contributed by atoms with Crippen LogP contribution in [0.25, 0.3) is 0 Å². The molecular weight excluding hydrogens is 194 g/mol. The number of hydrogen-bond acceptors (Lipinski definition) is 4. The summed E-state index contributed by atoms with van der Waals surface area (Å²) in [5.74, 6) is 1.56. The molecule has 1 N–H and O–H groups in total. The van der Waals surface area contributed by atoms with E-state index in [1.165, 1.54) is 0 Å². The Morgan fingerprint density at radius 1 is 1.07 bits per heavy atom. The van der Waals surface area contributed by atoms with Crippen LogP contribution in [0.1, 0.15) is 12.5 Å². The lowest BCUT2D eigenvalue weighted by Crippen LogP contribution is -2.13. The maximum atomic E-state index is 5.16. The number of methoxy groups -OCH3 is 2.